The fourth-order valence-corrected chi connectivity index (χ4v) is 3.84. The number of hydrogen-bond donors (Lipinski definition) is 1. The Labute approximate surface area is 178 Å². The Hall–Kier alpha value is -3.20. The minimum atomic E-state index is -0.0629. The molecular weight excluding hydrogens is 404 g/mol. The van der Waals surface area contributed by atoms with Crippen molar-refractivity contribution in [2.45, 2.75) is 11.6 Å². The molecule has 0 bridgehead atoms. The Balaban J connectivity index is 1.28. The monoisotopic (exact) mass is 426 g/mol. The first-order valence-corrected chi connectivity index (χ1v) is 10.5. The van der Waals surface area contributed by atoms with E-state index >= 15 is 0 Å². The van der Waals surface area contributed by atoms with Crippen LogP contribution in [0.3, 0.4) is 0 Å². The number of benzene rings is 2. The number of hydrogen-bond acceptors (Lipinski definition) is 7. The molecule has 0 saturated heterocycles. The lowest BCUT2D eigenvalue weighted by atomic mass is 10.1. The number of carbonyl (C=O) groups is 1. The molecule has 9 heteroatoms. The number of methoxy groups -OCH3 is 1. The maximum absolute atomic E-state index is 12.3. The van der Waals surface area contributed by atoms with Crippen LogP contribution < -0.4 is 19.5 Å². The van der Waals surface area contributed by atoms with E-state index in [1.54, 1.807) is 13.4 Å². The predicted octanol–water partition coefficient (Wildman–Crippen LogP) is 2.50. The van der Waals surface area contributed by atoms with E-state index in [9.17, 15) is 4.79 Å². The van der Waals surface area contributed by atoms with Crippen LogP contribution in [0.2, 0.25) is 0 Å². The highest BCUT2D eigenvalue weighted by atomic mass is 32.2. The predicted molar refractivity (Wildman–Crippen MR) is 113 cm³/mol. The van der Waals surface area contributed by atoms with Gasteiger partial charge in [0.05, 0.1) is 18.6 Å². The first-order chi connectivity index (χ1) is 14.7. The summed E-state index contributed by atoms with van der Waals surface area (Å²) in [5.41, 5.74) is 1.91. The molecule has 0 atom stereocenters. The molecule has 1 aromatic heterocycles. The van der Waals surface area contributed by atoms with Crippen LogP contribution in [0, 0.1) is 0 Å². The Morgan fingerprint density at radius 2 is 2.03 bits per heavy atom. The van der Waals surface area contributed by atoms with Crippen molar-refractivity contribution < 1.29 is 19.0 Å². The summed E-state index contributed by atoms with van der Waals surface area (Å²) in [6.07, 6.45) is 2.32. The Bertz CT molecular complexity index is 1020. The van der Waals surface area contributed by atoms with Gasteiger partial charge in [-0.3, -0.25) is 9.36 Å². The number of para-hydroxylation sites is 2. The van der Waals surface area contributed by atoms with Crippen molar-refractivity contribution in [3.63, 3.8) is 0 Å². The zero-order valence-electron chi connectivity index (χ0n) is 16.5. The minimum absolute atomic E-state index is 0.0629. The summed E-state index contributed by atoms with van der Waals surface area (Å²) in [6.45, 7) is 1.67. The van der Waals surface area contributed by atoms with E-state index in [2.05, 4.69) is 15.5 Å². The molecule has 4 rings (SSSR count). The van der Waals surface area contributed by atoms with Gasteiger partial charge in [0.15, 0.2) is 16.7 Å². The zero-order valence-corrected chi connectivity index (χ0v) is 17.4. The number of aromatic nitrogens is 3. The smallest absolute Gasteiger partial charge is 0.230 e. The third kappa shape index (κ3) is 4.68. The van der Waals surface area contributed by atoms with E-state index in [0.29, 0.717) is 37.1 Å². The maximum Gasteiger partial charge on any atom is 0.230 e. The Morgan fingerprint density at radius 3 is 2.90 bits per heavy atom. The standard InChI is InChI=1S/C21H22N4O4S/c1-27-17-5-3-2-4-16(17)25-14-23-24-21(25)30-13-20(26)22-9-8-15-6-7-18-19(12-15)29-11-10-28-18/h2-7,12,14H,8-11,13H2,1H3,(H,22,26). The molecule has 0 aliphatic carbocycles. The molecule has 0 fully saturated rings. The number of ether oxygens (including phenoxy) is 3. The van der Waals surface area contributed by atoms with Crippen LogP contribution in [0.4, 0.5) is 0 Å². The van der Waals surface area contributed by atoms with Gasteiger partial charge < -0.3 is 19.5 Å². The van der Waals surface area contributed by atoms with E-state index < -0.39 is 0 Å². The lowest BCUT2D eigenvalue weighted by Gasteiger charge is -2.18. The molecule has 156 valence electrons. The topological polar surface area (TPSA) is 87.5 Å². The Morgan fingerprint density at radius 1 is 1.20 bits per heavy atom. The van der Waals surface area contributed by atoms with Crippen molar-refractivity contribution in [2.75, 3.05) is 32.6 Å². The first kappa shape index (κ1) is 20.1. The second-order valence-corrected chi connectivity index (χ2v) is 7.46. The number of fused-ring (bicyclic) bond motifs is 1. The van der Waals surface area contributed by atoms with Gasteiger partial charge in [-0.25, -0.2) is 0 Å². The van der Waals surface area contributed by atoms with Crippen LogP contribution in [0.1, 0.15) is 5.56 Å². The third-order valence-corrected chi connectivity index (χ3v) is 5.48. The average Bonchev–Trinajstić information content (AvgIpc) is 3.26. The first-order valence-electron chi connectivity index (χ1n) is 9.56. The van der Waals surface area contributed by atoms with E-state index in [0.717, 1.165) is 22.7 Å². The zero-order chi connectivity index (χ0) is 20.8. The largest absolute Gasteiger partial charge is 0.495 e. The van der Waals surface area contributed by atoms with Crippen LogP contribution in [0.5, 0.6) is 17.2 Å². The van der Waals surface area contributed by atoms with Crippen molar-refractivity contribution in [2.24, 2.45) is 0 Å². The Kier molecular flexibility index (Phi) is 6.38. The van der Waals surface area contributed by atoms with Crippen molar-refractivity contribution in [3.05, 3.63) is 54.4 Å². The summed E-state index contributed by atoms with van der Waals surface area (Å²) in [6, 6.07) is 13.5. The number of rotatable bonds is 8. The highest BCUT2D eigenvalue weighted by Gasteiger charge is 2.14. The lowest BCUT2D eigenvalue weighted by molar-refractivity contribution is -0.118. The summed E-state index contributed by atoms with van der Waals surface area (Å²) in [4.78, 5) is 12.3. The van der Waals surface area contributed by atoms with Gasteiger partial charge in [-0.05, 0) is 36.2 Å². The van der Waals surface area contributed by atoms with Crippen molar-refractivity contribution in [1.29, 1.82) is 0 Å². The summed E-state index contributed by atoms with van der Waals surface area (Å²) in [5.74, 6) is 2.42. The fourth-order valence-electron chi connectivity index (χ4n) is 3.09. The van der Waals surface area contributed by atoms with Crippen LogP contribution in [-0.4, -0.2) is 53.3 Å². The highest BCUT2D eigenvalue weighted by Crippen LogP contribution is 2.31. The van der Waals surface area contributed by atoms with Crippen LogP contribution >= 0.6 is 11.8 Å². The molecule has 1 amide bonds. The fraction of sp³-hybridized carbons (Fsp3) is 0.286. The van der Waals surface area contributed by atoms with Crippen molar-refractivity contribution in [1.82, 2.24) is 20.1 Å². The number of amides is 1. The number of carbonyl (C=O) groups excluding carboxylic acids is 1. The van der Waals surface area contributed by atoms with Gasteiger partial charge >= 0.3 is 0 Å². The molecule has 0 unspecified atom stereocenters. The molecule has 1 aliphatic rings. The van der Waals surface area contributed by atoms with Gasteiger partial charge in [-0.2, -0.15) is 0 Å². The van der Waals surface area contributed by atoms with Gasteiger partial charge in [-0.1, -0.05) is 30.0 Å². The molecule has 1 N–H and O–H groups in total. The summed E-state index contributed by atoms with van der Waals surface area (Å²) in [7, 11) is 1.62. The van der Waals surface area contributed by atoms with Crippen molar-refractivity contribution in [3.8, 4) is 22.9 Å². The normalized spacial score (nSPS) is 12.4. The molecule has 2 heterocycles. The molecular formula is C21H22N4O4S. The summed E-state index contributed by atoms with van der Waals surface area (Å²) in [5, 5.41) is 11.7. The van der Waals surface area contributed by atoms with E-state index in [4.69, 9.17) is 14.2 Å². The molecule has 0 spiro atoms. The molecule has 0 saturated carbocycles. The summed E-state index contributed by atoms with van der Waals surface area (Å²) < 4.78 is 18.3. The second-order valence-electron chi connectivity index (χ2n) is 6.52. The number of nitrogens with one attached hydrogen (secondary N) is 1. The second kappa shape index (κ2) is 9.53. The molecule has 8 nitrogen and oxygen atoms in total. The minimum Gasteiger partial charge on any atom is -0.495 e. The lowest BCUT2D eigenvalue weighted by Crippen LogP contribution is -2.27. The highest BCUT2D eigenvalue weighted by molar-refractivity contribution is 7.99. The van der Waals surface area contributed by atoms with Gasteiger partial charge in [0.2, 0.25) is 5.91 Å². The van der Waals surface area contributed by atoms with E-state index in [1.807, 2.05) is 47.0 Å². The quantitative estimate of drug-likeness (QED) is 0.554. The molecule has 3 aromatic rings. The number of thioether (sulfide) groups is 1. The van der Waals surface area contributed by atoms with Crippen LogP contribution in [0.15, 0.2) is 53.9 Å². The van der Waals surface area contributed by atoms with Crippen molar-refractivity contribution >= 4 is 17.7 Å². The number of nitrogens with zero attached hydrogens (tertiary/aromatic N) is 3. The SMILES string of the molecule is COc1ccccc1-n1cnnc1SCC(=O)NCCc1ccc2c(c1)OCCO2. The van der Waals surface area contributed by atoms with Gasteiger partial charge in [0.1, 0.15) is 25.3 Å². The van der Waals surface area contributed by atoms with E-state index in [1.165, 1.54) is 11.8 Å². The van der Waals surface area contributed by atoms with Crippen LogP contribution in [0.25, 0.3) is 5.69 Å². The van der Waals surface area contributed by atoms with Crippen LogP contribution in [-0.2, 0) is 11.2 Å². The van der Waals surface area contributed by atoms with Gasteiger partial charge in [-0.15, -0.1) is 10.2 Å². The molecule has 1 aliphatic heterocycles. The van der Waals surface area contributed by atoms with E-state index in [-0.39, 0.29) is 11.7 Å². The molecule has 0 radical (unpaired) electrons. The van der Waals surface area contributed by atoms with Gasteiger partial charge in [0, 0.05) is 6.54 Å². The maximum atomic E-state index is 12.3. The molecule has 30 heavy (non-hydrogen) atoms. The third-order valence-electron chi connectivity index (χ3n) is 4.54. The molecule has 2 aromatic carbocycles. The summed E-state index contributed by atoms with van der Waals surface area (Å²) >= 11 is 1.33. The average molecular weight is 426 g/mol. The van der Waals surface area contributed by atoms with Gasteiger partial charge in [0.25, 0.3) is 0 Å².